The molecule has 0 aliphatic heterocycles. The van der Waals surface area contributed by atoms with Crippen molar-refractivity contribution in [2.45, 2.75) is 52.7 Å². The first kappa shape index (κ1) is 30.4. The van der Waals surface area contributed by atoms with Gasteiger partial charge in [0.1, 0.15) is 0 Å². The maximum Gasteiger partial charge on any atom is 0.230 e. The fourth-order valence-corrected chi connectivity index (χ4v) is 5.05. The third-order valence-electron chi connectivity index (χ3n) is 6.02. The molecule has 0 saturated carbocycles. The average molecular weight is 573 g/mol. The molecule has 0 spiro atoms. The van der Waals surface area contributed by atoms with Gasteiger partial charge in [-0.15, -0.1) is 11.3 Å². The molecule has 0 fully saturated rings. The van der Waals surface area contributed by atoms with Crippen LogP contribution in [0.2, 0.25) is 0 Å². The Kier molecular flexibility index (Phi) is 10.0. The van der Waals surface area contributed by atoms with E-state index in [2.05, 4.69) is 20.3 Å². The number of aliphatic hydroxyl groups excluding tert-OH is 1. The number of sulfonamides is 1. The summed E-state index contributed by atoms with van der Waals surface area (Å²) in [4.78, 5) is 29.1. The van der Waals surface area contributed by atoms with Crippen LogP contribution in [0, 0.1) is 5.41 Å². The van der Waals surface area contributed by atoms with E-state index in [0.29, 0.717) is 24.2 Å². The van der Waals surface area contributed by atoms with E-state index in [4.69, 9.17) is 0 Å². The largest absolute Gasteiger partial charge is 0.387 e. The van der Waals surface area contributed by atoms with E-state index in [1.165, 1.54) is 17.4 Å². The highest BCUT2D eigenvalue weighted by Gasteiger charge is 2.27. The number of carbonyl (C=O) groups is 2. The minimum Gasteiger partial charge on any atom is -0.387 e. The van der Waals surface area contributed by atoms with E-state index < -0.39 is 21.5 Å². The lowest BCUT2D eigenvalue weighted by Gasteiger charge is -2.23. The summed E-state index contributed by atoms with van der Waals surface area (Å²) in [5.74, 6) is -0.324. The monoisotopic (exact) mass is 572 g/mol. The standard InChI is InChI=1S/C28H36N4O5S2/c1-18(26(34)20-8-11-23(27(35)28(2,3)4)24(14-20)32-39(5,36)37)29-13-12-19-6-9-21(10-7-19)31-25(33)15-22-16-38-17-30-22/h6-11,14,16-18,26,29,32,34H,12-13,15H2,1-5H3,(H,31,33). The van der Waals surface area contributed by atoms with Crippen molar-refractivity contribution in [1.82, 2.24) is 10.3 Å². The van der Waals surface area contributed by atoms with Gasteiger partial charge in [-0.25, -0.2) is 13.4 Å². The number of hydrogen-bond donors (Lipinski definition) is 4. The molecule has 1 heterocycles. The molecule has 1 aromatic heterocycles. The normalized spacial score (nSPS) is 13.5. The van der Waals surface area contributed by atoms with Crippen molar-refractivity contribution >= 4 is 44.4 Å². The van der Waals surface area contributed by atoms with Crippen molar-refractivity contribution in [2.24, 2.45) is 5.41 Å². The summed E-state index contributed by atoms with van der Waals surface area (Å²) in [6.07, 6.45) is 1.02. The second-order valence-electron chi connectivity index (χ2n) is 10.6. The van der Waals surface area contributed by atoms with Crippen LogP contribution in [-0.4, -0.2) is 49.0 Å². The highest BCUT2D eigenvalue weighted by molar-refractivity contribution is 7.92. The van der Waals surface area contributed by atoms with Crippen molar-refractivity contribution in [2.75, 3.05) is 22.8 Å². The Balaban J connectivity index is 1.58. The Morgan fingerprint density at radius 2 is 1.79 bits per heavy atom. The minimum atomic E-state index is -3.63. The van der Waals surface area contributed by atoms with Gasteiger partial charge in [0.2, 0.25) is 15.9 Å². The Morgan fingerprint density at radius 3 is 2.38 bits per heavy atom. The lowest BCUT2D eigenvalue weighted by molar-refractivity contribution is -0.115. The van der Waals surface area contributed by atoms with Gasteiger partial charge >= 0.3 is 0 Å². The Morgan fingerprint density at radius 1 is 1.10 bits per heavy atom. The lowest BCUT2D eigenvalue weighted by Crippen LogP contribution is -2.33. The molecule has 0 aliphatic rings. The average Bonchev–Trinajstić information content (AvgIpc) is 3.35. The van der Waals surface area contributed by atoms with Gasteiger partial charge in [0.15, 0.2) is 5.78 Å². The number of amides is 1. The first-order valence-electron chi connectivity index (χ1n) is 12.6. The summed E-state index contributed by atoms with van der Waals surface area (Å²) in [6, 6.07) is 12.0. The van der Waals surface area contributed by atoms with Gasteiger partial charge < -0.3 is 15.7 Å². The Hall–Kier alpha value is -3.12. The number of aliphatic hydroxyl groups is 1. The second kappa shape index (κ2) is 12.8. The number of thiazole rings is 1. The maximum atomic E-state index is 12.9. The van der Waals surface area contributed by atoms with E-state index >= 15 is 0 Å². The maximum absolute atomic E-state index is 12.9. The van der Waals surface area contributed by atoms with Gasteiger partial charge in [-0.1, -0.05) is 39.0 Å². The van der Waals surface area contributed by atoms with Gasteiger partial charge in [-0.05, 0) is 55.3 Å². The van der Waals surface area contributed by atoms with Crippen LogP contribution < -0.4 is 15.4 Å². The van der Waals surface area contributed by atoms with E-state index in [1.54, 1.807) is 38.4 Å². The predicted molar refractivity (Wildman–Crippen MR) is 156 cm³/mol. The first-order valence-corrected chi connectivity index (χ1v) is 15.4. The molecule has 0 radical (unpaired) electrons. The number of carbonyl (C=O) groups excluding carboxylic acids is 2. The van der Waals surface area contributed by atoms with Crippen molar-refractivity contribution < 1.29 is 23.1 Å². The Labute approximate surface area is 234 Å². The molecular formula is C28H36N4O5S2. The van der Waals surface area contributed by atoms with E-state index in [1.807, 2.05) is 36.6 Å². The zero-order valence-corrected chi connectivity index (χ0v) is 24.4. The van der Waals surface area contributed by atoms with Crippen LogP contribution in [0.15, 0.2) is 53.4 Å². The molecule has 9 nitrogen and oxygen atoms in total. The molecule has 2 unspecified atom stereocenters. The fraction of sp³-hybridized carbons (Fsp3) is 0.393. The van der Waals surface area contributed by atoms with Crippen LogP contribution in [0.3, 0.4) is 0 Å². The molecule has 2 atom stereocenters. The predicted octanol–water partition coefficient (Wildman–Crippen LogP) is 4.18. The van der Waals surface area contributed by atoms with Crippen molar-refractivity contribution in [1.29, 1.82) is 0 Å². The van der Waals surface area contributed by atoms with Crippen LogP contribution in [0.1, 0.15) is 61.0 Å². The van der Waals surface area contributed by atoms with Gasteiger partial charge in [0, 0.05) is 28.1 Å². The third-order valence-corrected chi connectivity index (χ3v) is 7.25. The molecule has 0 bridgehead atoms. The number of ketones is 1. The molecule has 210 valence electrons. The Bertz CT molecular complexity index is 1380. The molecule has 1 amide bonds. The zero-order chi connectivity index (χ0) is 28.8. The molecule has 39 heavy (non-hydrogen) atoms. The van der Waals surface area contributed by atoms with Crippen LogP contribution >= 0.6 is 11.3 Å². The highest BCUT2D eigenvalue weighted by Crippen LogP contribution is 2.30. The zero-order valence-electron chi connectivity index (χ0n) is 22.8. The number of rotatable bonds is 12. The van der Waals surface area contributed by atoms with Crippen LogP contribution in [0.4, 0.5) is 11.4 Å². The fourth-order valence-electron chi connectivity index (χ4n) is 3.93. The molecular weight excluding hydrogens is 536 g/mol. The number of nitrogens with one attached hydrogen (secondary N) is 3. The van der Waals surface area contributed by atoms with Gasteiger partial charge in [0.25, 0.3) is 0 Å². The van der Waals surface area contributed by atoms with Crippen molar-refractivity contribution in [3.05, 3.63) is 75.7 Å². The van der Waals surface area contributed by atoms with Crippen molar-refractivity contribution in [3.63, 3.8) is 0 Å². The third kappa shape index (κ3) is 9.24. The number of anilines is 2. The number of benzene rings is 2. The summed E-state index contributed by atoms with van der Waals surface area (Å²) < 4.78 is 26.3. The van der Waals surface area contributed by atoms with Crippen molar-refractivity contribution in [3.8, 4) is 0 Å². The van der Waals surface area contributed by atoms with Gasteiger partial charge in [-0.2, -0.15) is 0 Å². The van der Waals surface area contributed by atoms with Gasteiger partial charge in [-0.3, -0.25) is 14.3 Å². The summed E-state index contributed by atoms with van der Waals surface area (Å²) in [5.41, 5.74) is 4.42. The molecule has 11 heteroatoms. The summed E-state index contributed by atoms with van der Waals surface area (Å²) in [5, 5.41) is 19.0. The summed E-state index contributed by atoms with van der Waals surface area (Å²) >= 11 is 1.45. The summed E-state index contributed by atoms with van der Waals surface area (Å²) in [7, 11) is -3.63. The topological polar surface area (TPSA) is 137 Å². The van der Waals surface area contributed by atoms with Crippen LogP contribution in [0.25, 0.3) is 0 Å². The molecule has 4 N–H and O–H groups in total. The number of nitrogens with zero attached hydrogens (tertiary/aromatic N) is 1. The second-order valence-corrected chi connectivity index (χ2v) is 13.1. The number of aromatic nitrogens is 1. The van der Waals surface area contributed by atoms with Gasteiger partial charge in [0.05, 0.1) is 35.7 Å². The summed E-state index contributed by atoms with van der Waals surface area (Å²) in [6.45, 7) is 7.72. The molecule has 0 saturated heterocycles. The quantitative estimate of drug-likeness (QED) is 0.239. The molecule has 2 aromatic carbocycles. The van der Waals surface area contributed by atoms with E-state index in [-0.39, 0.29) is 35.4 Å². The highest BCUT2D eigenvalue weighted by atomic mass is 32.2. The lowest BCUT2D eigenvalue weighted by atomic mass is 9.85. The van der Waals surface area contributed by atoms with E-state index in [9.17, 15) is 23.1 Å². The SMILES string of the molecule is CC(NCCc1ccc(NC(=O)Cc2cscn2)cc1)C(O)c1ccc(C(=O)C(C)(C)C)c(NS(C)(=O)=O)c1. The number of hydrogen-bond acceptors (Lipinski definition) is 8. The molecule has 0 aliphatic carbocycles. The molecule has 3 aromatic rings. The van der Waals surface area contributed by atoms with Crippen LogP contribution in [0.5, 0.6) is 0 Å². The van der Waals surface area contributed by atoms with Crippen LogP contribution in [-0.2, 0) is 27.7 Å². The molecule has 3 rings (SSSR count). The first-order chi connectivity index (χ1) is 18.2. The number of Topliss-reactive ketones (excluding diaryl/α,β-unsaturated/α-hetero) is 1. The minimum absolute atomic E-state index is 0.121. The smallest absolute Gasteiger partial charge is 0.230 e. The van der Waals surface area contributed by atoms with E-state index in [0.717, 1.165) is 17.5 Å².